The van der Waals surface area contributed by atoms with E-state index in [1.54, 1.807) is 0 Å². The van der Waals surface area contributed by atoms with Crippen LogP contribution in [0.25, 0.3) is 0 Å². The minimum Gasteiger partial charge on any atom is -0.326 e. The van der Waals surface area contributed by atoms with E-state index in [9.17, 15) is 9.59 Å². The van der Waals surface area contributed by atoms with Crippen molar-refractivity contribution < 1.29 is 9.59 Å². The van der Waals surface area contributed by atoms with Crippen LogP contribution in [-0.2, 0) is 9.59 Å². The predicted octanol–water partition coefficient (Wildman–Crippen LogP) is 5.07. The number of para-hydroxylation sites is 1. The van der Waals surface area contributed by atoms with Crippen LogP contribution in [0, 0.1) is 0 Å². The summed E-state index contributed by atoms with van der Waals surface area (Å²) < 4.78 is 0. The first-order chi connectivity index (χ1) is 13.0. The van der Waals surface area contributed by atoms with Crippen LogP contribution >= 0.6 is 0 Å². The molecular weight excluding hydrogens is 338 g/mol. The number of amides is 2. The van der Waals surface area contributed by atoms with Gasteiger partial charge in [0.2, 0.25) is 11.8 Å². The summed E-state index contributed by atoms with van der Waals surface area (Å²) in [5, 5.41) is 5.56. The van der Waals surface area contributed by atoms with Gasteiger partial charge in [-0.1, -0.05) is 18.2 Å². The van der Waals surface area contributed by atoms with Crippen LogP contribution in [0.1, 0.15) is 13.8 Å². The lowest BCUT2D eigenvalue weighted by molar-refractivity contribution is -0.115. The Labute approximate surface area is 158 Å². The second-order valence-corrected chi connectivity index (χ2v) is 6.13. The van der Waals surface area contributed by atoms with Crippen molar-refractivity contribution in [3.63, 3.8) is 0 Å². The summed E-state index contributed by atoms with van der Waals surface area (Å²) in [7, 11) is 0. The maximum atomic E-state index is 11.2. The molecule has 0 heterocycles. The normalized spacial score (nSPS) is 10.1. The molecule has 5 nitrogen and oxygen atoms in total. The number of carbonyl (C=O) groups is 2. The lowest BCUT2D eigenvalue weighted by Gasteiger charge is -2.25. The molecule has 0 aromatic heterocycles. The van der Waals surface area contributed by atoms with Gasteiger partial charge < -0.3 is 15.5 Å². The molecule has 0 bridgehead atoms. The molecule has 27 heavy (non-hydrogen) atoms. The molecule has 0 aliphatic carbocycles. The first-order valence-electron chi connectivity index (χ1n) is 8.63. The highest BCUT2D eigenvalue weighted by atomic mass is 16.2. The van der Waals surface area contributed by atoms with Gasteiger partial charge in [0.1, 0.15) is 0 Å². The molecule has 0 radical (unpaired) electrons. The molecule has 2 N–H and O–H groups in total. The Balaban J connectivity index is 1.97. The Bertz CT molecular complexity index is 861. The second-order valence-electron chi connectivity index (χ2n) is 6.13. The SMILES string of the molecule is CC(=O)Nc1ccc(N(c2ccccc2)c2ccc(NC(C)=O)cc2)cc1. The van der Waals surface area contributed by atoms with Crippen molar-refractivity contribution in [2.45, 2.75) is 13.8 Å². The Morgan fingerprint density at radius 1 is 0.593 bits per heavy atom. The molecule has 3 aromatic rings. The summed E-state index contributed by atoms with van der Waals surface area (Å²) in [5.41, 5.74) is 4.43. The fourth-order valence-corrected chi connectivity index (χ4v) is 2.82. The smallest absolute Gasteiger partial charge is 0.221 e. The molecule has 0 aliphatic heterocycles. The molecule has 0 saturated carbocycles. The summed E-state index contributed by atoms with van der Waals surface area (Å²) in [6, 6.07) is 25.3. The van der Waals surface area contributed by atoms with E-state index in [1.165, 1.54) is 13.8 Å². The van der Waals surface area contributed by atoms with Crippen LogP contribution in [0.4, 0.5) is 28.4 Å². The van der Waals surface area contributed by atoms with Gasteiger partial charge in [-0.2, -0.15) is 0 Å². The average Bonchev–Trinajstić information content (AvgIpc) is 2.65. The Morgan fingerprint density at radius 3 is 1.33 bits per heavy atom. The lowest BCUT2D eigenvalue weighted by Crippen LogP contribution is -2.11. The third-order valence-electron chi connectivity index (χ3n) is 3.91. The topological polar surface area (TPSA) is 61.4 Å². The van der Waals surface area contributed by atoms with Crippen LogP contribution in [0.15, 0.2) is 78.9 Å². The highest BCUT2D eigenvalue weighted by Crippen LogP contribution is 2.35. The van der Waals surface area contributed by atoms with Gasteiger partial charge in [0, 0.05) is 42.3 Å². The van der Waals surface area contributed by atoms with Crippen LogP contribution in [0.5, 0.6) is 0 Å². The molecule has 0 saturated heterocycles. The summed E-state index contributed by atoms with van der Waals surface area (Å²) in [5.74, 6) is -0.201. The highest BCUT2D eigenvalue weighted by Gasteiger charge is 2.12. The van der Waals surface area contributed by atoms with Crippen LogP contribution in [-0.4, -0.2) is 11.8 Å². The highest BCUT2D eigenvalue weighted by molar-refractivity contribution is 5.90. The summed E-state index contributed by atoms with van der Waals surface area (Å²) in [4.78, 5) is 24.6. The third-order valence-corrected chi connectivity index (χ3v) is 3.91. The Morgan fingerprint density at radius 2 is 0.963 bits per heavy atom. The number of rotatable bonds is 5. The van der Waals surface area contributed by atoms with Crippen LogP contribution in [0.3, 0.4) is 0 Å². The number of hydrogen-bond donors (Lipinski definition) is 2. The van der Waals surface area contributed by atoms with E-state index in [-0.39, 0.29) is 11.8 Å². The summed E-state index contributed by atoms with van der Waals surface area (Å²) in [6.45, 7) is 2.97. The fraction of sp³-hybridized carbons (Fsp3) is 0.0909. The maximum Gasteiger partial charge on any atom is 0.221 e. The van der Waals surface area contributed by atoms with Crippen molar-refractivity contribution in [2.24, 2.45) is 0 Å². The first-order valence-corrected chi connectivity index (χ1v) is 8.63. The van der Waals surface area contributed by atoms with Gasteiger partial charge in [0.25, 0.3) is 0 Å². The monoisotopic (exact) mass is 359 g/mol. The molecule has 0 unspecified atom stereocenters. The Hall–Kier alpha value is -3.60. The largest absolute Gasteiger partial charge is 0.326 e. The molecule has 5 heteroatoms. The molecule has 0 spiro atoms. The Kier molecular flexibility index (Phi) is 5.52. The van der Waals surface area contributed by atoms with E-state index < -0.39 is 0 Å². The minimum absolute atomic E-state index is 0.101. The van der Waals surface area contributed by atoms with E-state index in [2.05, 4.69) is 15.5 Å². The van der Waals surface area contributed by atoms with Gasteiger partial charge in [-0.15, -0.1) is 0 Å². The molecular formula is C22H21N3O2. The zero-order chi connectivity index (χ0) is 19.2. The average molecular weight is 359 g/mol. The number of anilines is 5. The standard InChI is InChI=1S/C22H21N3O2/c1-16(26)23-18-8-12-21(13-9-18)25(20-6-4-3-5-7-20)22-14-10-19(11-15-22)24-17(2)27/h3-15H,1-2H3,(H,23,26)(H,24,27). The number of nitrogens with one attached hydrogen (secondary N) is 2. The lowest BCUT2D eigenvalue weighted by atomic mass is 10.1. The second kappa shape index (κ2) is 8.19. The van der Waals surface area contributed by atoms with E-state index >= 15 is 0 Å². The van der Waals surface area contributed by atoms with Crippen molar-refractivity contribution >= 4 is 40.3 Å². The molecule has 0 aliphatic rings. The molecule has 2 amide bonds. The molecule has 0 fully saturated rings. The van der Waals surface area contributed by atoms with Gasteiger partial charge in [-0.05, 0) is 60.7 Å². The van der Waals surface area contributed by atoms with Crippen LogP contribution in [0.2, 0.25) is 0 Å². The number of nitrogens with zero attached hydrogens (tertiary/aromatic N) is 1. The van der Waals surface area contributed by atoms with E-state index in [0.717, 1.165) is 28.4 Å². The van der Waals surface area contributed by atoms with E-state index in [1.807, 2.05) is 78.9 Å². The van der Waals surface area contributed by atoms with Gasteiger partial charge in [-0.25, -0.2) is 0 Å². The van der Waals surface area contributed by atoms with Gasteiger partial charge >= 0.3 is 0 Å². The summed E-state index contributed by atoms with van der Waals surface area (Å²) in [6.07, 6.45) is 0. The first kappa shape index (κ1) is 18.2. The zero-order valence-corrected chi connectivity index (χ0v) is 15.3. The van der Waals surface area contributed by atoms with Crippen molar-refractivity contribution in [3.05, 3.63) is 78.9 Å². The van der Waals surface area contributed by atoms with Crippen molar-refractivity contribution in [2.75, 3.05) is 15.5 Å². The molecule has 3 rings (SSSR count). The van der Waals surface area contributed by atoms with E-state index in [4.69, 9.17) is 0 Å². The van der Waals surface area contributed by atoms with Crippen molar-refractivity contribution in [1.82, 2.24) is 0 Å². The third kappa shape index (κ3) is 4.73. The van der Waals surface area contributed by atoms with E-state index in [0.29, 0.717) is 0 Å². The molecule has 3 aromatic carbocycles. The maximum absolute atomic E-state index is 11.2. The number of benzene rings is 3. The zero-order valence-electron chi connectivity index (χ0n) is 15.3. The van der Waals surface area contributed by atoms with Gasteiger partial charge in [0.15, 0.2) is 0 Å². The van der Waals surface area contributed by atoms with Gasteiger partial charge in [-0.3, -0.25) is 9.59 Å². The van der Waals surface area contributed by atoms with Crippen molar-refractivity contribution in [3.8, 4) is 0 Å². The van der Waals surface area contributed by atoms with Crippen molar-refractivity contribution in [1.29, 1.82) is 0 Å². The van der Waals surface area contributed by atoms with Gasteiger partial charge in [0.05, 0.1) is 0 Å². The predicted molar refractivity (Wildman–Crippen MR) is 110 cm³/mol. The summed E-state index contributed by atoms with van der Waals surface area (Å²) >= 11 is 0. The number of carbonyl (C=O) groups excluding carboxylic acids is 2. The fourth-order valence-electron chi connectivity index (χ4n) is 2.82. The number of hydrogen-bond acceptors (Lipinski definition) is 3. The molecule has 136 valence electrons. The van der Waals surface area contributed by atoms with Crippen LogP contribution < -0.4 is 15.5 Å². The quantitative estimate of drug-likeness (QED) is 0.668. The molecule has 0 atom stereocenters. The minimum atomic E-state index is -0.101.